The zero-order chi connectivity index (χ0) is 33.4. The molecule has 0 saturated carbocycles. The highest BCUT2D eigenvalue weighted by Crippen LogP contribution is 2.45. The molecule has 11 nitrogen and oxygen atoms in total. The molecule has 5 heterocycles. The number of nitrogens with zero attached hydrogens (tertiary/aromatic N) is 5. The number of carboxylic acid groups (broad SMARTS) is 2. The Morgan fingerprint density at radius 3 is 2.07 bits per heavy atom. The van der Waals surface area contributed by atoms with Gasteiger partial charge in [0, 0.05) is 67.3 Å². The Morgan fingerprint density at radius 1 is 0.978 bits per heavy atom. The van der Waals surface area contributed by atoms with Crippen LogP contribution >= 0.6 is 11.3 Å². The van der Waals surface area contributed by atoms with Crippen molar-refractivity contribution in [2.75, 3.05) is 57.4 Å². The molecule has 0 radical (unpaired) electrons. The first-order valence-corrected chi connectivity index (χ1v) is 14.6. The van der Waals surface area contributed by atoms with Crippen molar-refractivity contribution in [2.45, 2.75) is 38.7 Å². The molecule has 250 valence electrons. The molecule has 2 atom stereocenters. The summed E-state index contributed by atoms with van der Waals surface area (Å²) in [6.07, 6.45) is -4.62. The van der Waals surface area contributed by atoms with Crippen molar-refractivity contribution in [3.05, 3.63) is 40.3 Å². The van der Waals surface area contributed by atoms with Crippen LogP contribution in [-0.2, 0) is 25.7 Å². The molecule has 0 aromatic carbocycles. The maximum absolute atomic E-state index is 13.9. The number of carbonyl (C=O) groups is 3. The lowest BCUT2D eigenvalue weighted by atomic mass is 9.73. The van der Waals surface area contributed by atoms with Crippen LogP contribution in [0.3, 0.4) is 0 Å². The molecule has 3 aliphatic heterocycles. The van der Waals surface area contributed by atoms with Gasteiger partial charge in [-0.2, -0.15) is 26.3 Å². The largest absolute Gasteiger partial charge is 0.490 e. The van der Waals surface area contributed by atoms with Gasteiger partial charge in [0.2, 0.25) is 11.9 Å². The highest BCUT2D eigenvalue weighted by molar-refractivity contribution is 7.11. The lowest BCUT2D eigenvalue weighted by molar-refractivity contribution is -0.193. The third kappa shape index (κ3) is 9.99. The number of carboxylic acids is 2. The number of fused-ring (bicyclic) bond motifs is 1. The van der Waals surface area contributed by atoms with E-state index in [2.05, 4.69) is 38.8 Å². The van der Waals surface area contributed by atoms with Gasteiger partial charge in [-0.05, 0) is 44.5 Å². The number of rotatable bonds is 4. The highest BCUT2D eigenvalue weighted by atomic mass is 32.1. The number of aromatic nitrogens is 2. The summed E-state index contributed by atoms with van der Waals surface area (Å²) in [5.74, 6) is -4.19. The maximum Gasteiger partial charge on any atom is 0.490 e. The molecule has 3 fully saturated rings. The Labute approximate surface area is 258 Å². The minimum absolute atomic E-state index is 0.273. The molecule has 2 aromatic rings. The molecular weight excluding hydrogens is 636 g/mol. The second kappa shape index (κ2) is 15.2. The van der Waals surface area contributed by atoms with Gasteiger partial charge in [-0.3, -0.25) is 9.69 Å². The zero-order valence-corrected chi connectivity index (χ0v) is 25.0. The third-order valence-corrected chi connectivity index (χ3v) is 8.48. The maximum atomic E-state index is 13.9. The molecule has 0 bridgehead atoms. The molecule has 5 rings (SSSR count). The fraction of sp³-hybridized carbons (Fsp3) is 0.593. The lowest BCUT2D eigenvalue weighted by Crippen LogP contribution is -2.52. The molecule has 3 saturated heterocycles. The van der Waals surface area contributed by atoms with E-state index in [0.29, 0.717) is 38.8 Å². The number of hydrogen-bond acceptors (Lipinski definition) is 9. The molecule has 45 heavy (non-hydrogen) atoms. The molecule has 18 heteroatoms. The van der Waals surface area contributed by atoms with E-state index in [1.54, 1.807) is 12.4 Å². The normalized spacial score (nSPS) is 22.2. The number of morpholine rings is 1. The van der Waals surface area contributed by atoms with E-state index in [-0.39, 0.29) is 11.3 Å². The minimum Gasteiger partial charge on any atom is -0.475 e. The van der Waals surface area contributed by atoms with Crippen molar-refractivity contribution in [1.82, 2.24) is 19.8 Å². The summed E-state index contributed by atoms with van der Waals surface area (Å²) in [5.41, 5.74) is -0.364. The van der Waals surface area contributed by atoms with Crippen LogP contribution in [0.1, 0.15) is 22.6 Å². The van der Waals surface area contributed by atoms with E-state index in [1.165, 1.54) is 9.75 Å². The Hall–Kier alpha value is -3.51. The quantitative estimate of drug-likeness (QED) is 0.464. The second-order valence-electron chi connectivity index (χ2n) is 10.6. The number of alkyl halides is 6. The highest BCUT2D eigenvalue weighted by Gasteiger charge is 2.55. The Balaban J connectivity index is 0.000000331. The van der Waals surface area contributed by atoms with Gasteiger partial charge >= 0.3 is 24.3 Å². The van der Waals surface area contributed by atoms with Crippen molar-refractivity contribution in [3.63, 3.8) is 0 Å². The summed E-state index contributed by atoms with van der Waals surface area (Å²) in [5, 5.41) is 14.2. The Kier molecular flexibility index (Phi) is 12.1. The number of amides is 1. The summed E-state index contributed by atoms with van der Waals surface area (Å²) >= 11 is 1.88. The summed E-state index contributed by atoms with van der Waals surface area (Å²) < 4.78 is 69.0. The van der Waals surface area contributed by atoms with Gasteiger partial charge < -0.3 is 24.7 Å². The van der Waals surface area contributed by atoms with Gasteiger partial charge in [0.1, 0.15) is 0 Å². The van der Waals surface area contributed by atoms with Crippen LogP contribution in [0.4, 0.5) is 32.3 Å². The minimum atomic E-state index is -5.08. The number of hydrogen-bond donors (Lipinski definition) is 2. The van der Waals surface area contributed by atoms with Gasteiger partial charge in [-0.1, -0.05) is 0 Å². The monoisotopic (exact) mass is 669 g/mol. The van der Waals surface area contributed by atoms with E-state index in [0.717, 1.165) is 45.0 Å². The fourth-order valence-electron chi connectivity index (χ4n) is 5.48. The van der Waals surface area contributed by atoms with Gasteiger partial charge in [0.25, 0.3) is 0 Å². The average molecular weight is 670 g/mol. The predicted octanol–water partition coefficient (Wildman–Crippen LogP) is 3.69. The van der Waals surface area contributed by atoms with Crippen LogP contribution in [0.2, 0.25) is 0 Å². The van der Waals surface area contributed by atoms with E-state index < -0.39 is 24.3 Å². The van der Waals surface area contributed by atoms with Gasteiger partial charge in [0.15, 0.2) is 0 Å². The van der Waals surface area contributed by atoms with Crippen LogP contribution in [-0.4, -0.2) is 113 Å². The number of likely N-dealkylation sites (tertiary alicyclic amines) is 1. The van der Waals surface area contributed by atoms with E-state index in [9.17, 15) is 31.1 Å². The first kappa shape index (κ1) is 36.0. The number of thiophene rings is 1. The summed E-state index contributed by atoms with van der Waals surface area (Å²) in [4.78, 5) is 50.3. The number of aryl methyl sites for hydroxylation is 1. The van der Waals surface area contributed by atoms with Crippen LogP contribution < -0.4 is 4.90 Å². The predicted molar refractivity (Wildman–Crippen MR) is 149 cm³/mol. The van der Waals surface area contributed by atoms with Gasteiger partial charge in [-0.15, -0.1) is 11.3 Å². The number of anilines is 1. The van der Waals surface area contributed by atoms with Crippen molar-refractivity contribution >= 4 is 35.1 Å². The Bertz CT molecular complexity index is 1270. The molecule has 0 spiro atoms. The van der Waals surface area contributed by atoms with Crippen LogP contribution in [0.25, 0.3) is 0 Å². The first-order valence-electron chi connectivity index (χ1n) is 13.8. The molecule has 3 aliphatic rings. The summed E-state index contributed by atoms with van der Waals surface area (Å²) in [7, 11) is 0. The second-order valence-corrected chi connectivity index (χ2v) is 12.0. The smallest absolute Gasteiger partial charge is 0.475 e. The number of halogens is 6. The van der Waals surface area contributed by atoms with Gasteiger partial charge in [-0.25, -0.2) is 19.6 Å². The molecular formula is C27H33F6N5O6S. The zero-order valence-electron chi connectivity index (χ0n) is 24.2. The number of carbonyl (C=O) groups excluding carboxylic acids is 1. The van der Waals surface area contributed by atoms with E-state index in [1.807, 2.05) is 22.3 Å². The topological polar surface area (TPSA) is 136 Å². The van der Waals surface area contributed by atoms with Gasteiger partial charge in [0.05, 0.1) is 18.6 Å². The molecule has 1 amide bonds. The fourth-order valence-corrected chi connectivity index (χ4v) is 6.42. The van der Waals surface area contributed by atoms with Crippen LogP contribution in [0, 0.1) is 18.3 Å². The molecule has 0 aliphatic carbocycles. The lowest BCUT2D eigenvalue weighted by Gasteiger charge is -2.38. The van der Waals surface area contributed by atoms with Crippen molar-refractivity contribution < 1.29 is 55.7 Å². The molecule has 0 unspecified atom stereocenters. The average Bonchev–Trinajstić information content (AvgIpc) is 3.51. The first-order chi connectivity index (χ1) is 21.0. The summed E-state index contributed by atoms with van der Waals surface area (Å²) in [6.45, 7) is 9.36. The SMILES string of the molecule is Cc1ccc(CN2CCC[C@]3(C(=O)N4CCOCC4)CN(c4ncccn4)C[C@@H]3C2)s1.O=C(O)C(F)(F)F.O=C(O)C(F)(F)F. The summed E-state index contributed by atoms with van der Waals surface area (Å²) in [6, 6.07) is 6.29. The van der Waals surface area contributed by atoms with E-state index >= 15 is 0 Å². The van der Waals surface area contributed by atoms with Crippen molar-refractivity contribution in [3.8, 4) is 0 Å². The van der Waals surface area contributed by atoms with Crippen molar-refractivity contribution in [1.29, 1.82) is 0 Å². The van der Waals surface area contributed by atoms with Crippen LogP contribution in [0.5, 0.6) is 0 Å². The molecule has 2 aromatic heterocycles. The molecule has 2 N–H and O–H groups in total. The van der Waals surface area contributed by atoms with E-state index in [4.69, 9.17) is 24.5 Å². The van der Waals surface area contributed by atoms with Crippen LogP contribution in [0.15, 0.2) is 30.6 Å². The number of ether oxygens (including phenoxy) is 1. The standard InChI is InChI=1S/C23H31N5O2S.2C2HF3O2/c1-18-4-5-20(31-18)16-26-9-2-6-23(21(29)27-10-12-30-13-11-27)17-28(15-19(23)14-26)22-24-7-3-8-25-22;2*3-2(4,5)1(6)7/h3-5,7-8,19H,2,6,9-17H2,1H3;2*(H,6,7)/t19-,23-;;/m0../s1. The van der Waals surface area contributed by atoms with Crippen molar-refractivity contribution in [2.24, 2.45) is 11.3 Å². The Morgan fingerprint density at radius 2 is 1.56 bits per heavy atom. The third-order valence-electron chi connectivity index (χ3n) is 7.49. The number of aliphatic carboxylic acids is 2.